The maximum atomic E-state index is 11.3. The van der Waals surface area contributed by atoms with Gasteiger partial charge >= 0.3 is 5.97 Å². The van der Waals surface area contributed by atoms with E-state index in [9.17, 15) is 4.79 Å². The predicted molar refractivity (Wildman–Crippen MR) is 71.1 cm³/mol. The third-order valence-electron chi connectivity index (χ3n) is 2.67. The Hall–Kier alpha value is -2.87. The number of methoxy groups -OCH3 is 1. The van der Waals surface area contributed by atoms with E-state index < -0.39 is 5.97 Å². The zero-order valence-electron chi connectivity index (χ0n) is 10.9. The van der Waals surface area contributed by atoms with Gasteiger partial charge in [0.05, 0.1) is 12.7 Å². The lowest BCUT2D eigenvalue weighted by atomic mass is 10.2. The van der Waals surface area contributed by atoms with Crippen LogP contribution in [0.4, 0.5) is 0 Å². The molecule has 0 aliphatic rings. The first-order valence-electron chi connectivity index (χ1n) is 5.89. The largest absolute Gasteiger partial charge is 0.489 e. The van der Waals surface area contributed by atoms with Crippen molar-refractivity contribution >= 4 is 5.97 Å². The van der Waals surface area contributed by atoms with Crippen molar-refractivity contribution in [2.75, 3.05) is 7.11 Å². The molecule has 20 heavy (non-hydrogen) atoms. The number of carbonyl (C=O) groups excluding carboxylic acids is 1. The van der Waals surface area contributed by atoms with Gasteiger partial charge in [-0.3, -0.25) is 0 Å². The Bertz CT molecular complexity index is 645. The van der Waals surface area contributed by atoms with Crippen LogP contribution < -0.4 is 4.74 Å². The Balaban J connectivity index is 2.04. The molecule has 0 aliphatic heterocycles. The van der Waals surface area contributed by atoms with E-state index in [1.54, 1.807) is 42.6 Å². The molecule has 0 amide bonds. The molecule has 0 saturated heterocycles. The van der Waals surface area contributed by atoms with E-state index in [1.165, 1.54) is 7.11 Å². The summed E-state index contributed by atoms with van der Waals surface area (Å²) in [6.45, 7) is 0.244. The molecule has 5 heteroatoms. The molecule has 0 N–H and O–H groups in total. The molecule has 0 bridgehead atoms. The Kier molecular flexibility index (Phi) is 4.30. The minimum Gasteiger partial charge on any atom is -0.489 e. The monoisotopic (exact) mass is 268 g/mol. The van der Waals surface area contributed by atoms with Crippen LogP contribution in [0, 0.1) is 11.3 Å². The summed E-state index contributed by atoms with van der Waals surface area (Å²) < 4.78 is 10.2. The van der Waals surface area contributed by atoms with Gasteiger partial charge in [-0.25, -0.2) is 9.78 Å². The minimum absolute atomic E-state index is 0.244. The van der Waals surface area contributed by atoms with Crippen molar-refractivity contribution in [1.29, 1.82) is 5.26 Å². The molecule has 2 aromatic rings. The second-order valence-electron chi connectivity index (χ2n) is 3.93. The van der Waals surface area contributed by atoms with Crippen LogP contribution in [0.2, 0.25) is 0 Å². The Morgan fingerprint density at radius 1 is 1.30 bits per heavy atom. The van der Waals surface area contributed by atoms with Crippen molar-refractivity contribution < 1.29 is 14.3 Å². The van der Waals surface area contributed by atoms with E-state index in [-0.39, 0.29) is 6.61 Å². The second kappa shape index (κ2) is 6.34. The summed E-state index contributed by atoms with van der Waals surface area (Å²) in [5.41, 5.74) is 1.52. The lowest BCUT2D eigenvalue weighted by molar-refractivity contribution is 0.0600. The van der Waals surface area contributed by atoms with E-state index in [2.05, 4.69) is 9.72 Å². The molecule has 1 aromatic carbocycles. The highest BCUT2D eigenvalue weighted by molar-refractivity contribution is 5.89. The number of nitriles is 1. The number of carbonyl (C=O) groups is 1. The van der Waals surface area contributed by atoms with E-state index in [0.717, 1.165) is 0 Å². The summed E-state index contributed by atoms with van der Waals surface area (Å²) in [4.78, 5) is 15.2. The first-order valence-corrected chi connectivity index (χ1v) is 5.89. The maximum absolute atomic E-state index is 11.3. The second-order valence-corrected chi connectivity index (χ2v) is 3.93. The lowest BCUT2D eigenvalue weighted by Crippen LogP contribution is -2.02. The van der Waals surface area contributed by atoms with E-state index >= 15 is 0 Å². The number of ether oxygens (including phenoxy) is 2. The van der Waals surface area contributed by atoms with Gasteiger partial charge in [0, 0.05) is 11.8 Å². The zero-order valence-corrected chi connectivity index (χ0v) is 10.9. The van der Waals surface area contributed by atoms with Crippen molar-refractivity contribution in [3.8, 4) is 11.8 Å². The number of aromatic nitrogens is 1. The van der Waals surface area contributed by atoms with E-state index in [0.29, 0.717) is 22.6 Å². The normalized spacial score (nSPS) is 9.60. The SMILES string of the molecule is COC(=O)c1ccc(OCc2cccnc2C#N)cc1. The molecule has 2 rings (SSSR count). The molecule has 0 unspecified atom stereocenters. The third kappa shape index (κ3) is 3.12. The van der Waals surface area contributed by atoms with Crippen LogP contribution in [0.5, 0.6) is 5.75 Å². The molecule has 0 fully saturated rings. The van der Waals surface area contributed by atoms with Crippen LogP contribution >= 0.6 is 0 Å². The van der Waals surface area contributed by atoms with Gasteiger partial charge in [0.1, 0.15) is 24.1 Å². The number of hydrogen-bond acceptors (Lipinski definition) is 5. The minimum atomic E-state index is -0.393. The molecule has 1 aromatic heterocycles. The Morgan fingerprint density at radius 3 is 2.70 bits per heavy atom. The zero-order chi connectivity index (χ0) is 14.4. The summed E-state index contributed by atoms with van der Waals surface area (Å²) in [6.07, 6.45) is 1.56. The van der Waals surface area contributed by atoms with Gasteiger partial charge in [0.25, 0.3) is 0 Å². The number of pyridine rings is 1. The van der Waals surface area contributed by atoms with Crippen LogP contribution in [-0.4, -0.2) is 18.1 Å². The Morgan fingerprint density at radius 2 is 2.05 bits per heavy atom. The van der Waals surface area contributed by atoms with Crippen LogP contribution in [0.1, 0.15) is 21.6 Å². The topological polar surface area (TPSA) is 72.2 Å². The van der Waals surface area contributed by atoms with Crippen molar-refractivity contribution in [2.24, 2.45) is 0 Å². The molecule has 100 valence electrons. The van der Waals surface area contributed by atoms with Gasteiger partial charge in [-0.05, 0) is 30.3 Å². The molecular formula is C15H12N2O3. The van der Waals surface area contributed by atoms with Crippen molar-refractivity contribution in [3.05, 3.63) is 59.4 Å². The molecule has 0 aliphatic carbocycles. The number of esters is 1. The smallest absolute Gasteiger partial charge is 0.337 e. The fourth-order valence-corrected chi connectivity index (χ4v) is 1.62. The average Bonchev–Trinajstić information content (AvgIpc) is 2.53. The summed E-state index contributed by atoms with van der Waals surface area (Å²) in [6, 6.07) is 12.1. The maximum Gasteiger partial charge on any atom is 0.337 e. The summed E-state index contributed by atoms with van der Waals surface area (Å²) >= 11 is 0. The molecule has 0 atom stereocenters. The van der Waals surface area contributed by atoms with Gasteiger partial charge in [0.15, 0.2) is 0 Å². The lowest BCUT2D eigenvalue weighted by Gasteiger charge is -2.07. The van der Waals surface area contributed by atoms with Gasteiger partial charge in [0.2, 0.25) is 0 Å². The van der Waals surface area contributed by atoms with Crippen molar-refractivity contribution in [1.82, 2.24) is 4.98 Å². The summed E-state index contributed by atoms with van der Waals surface area (Å²) in [7, 11) is 1.33. The fraction of sp³-hybridized carbons (Fsp3) is 0.133. The molecule has 0 spiro atoms. The molecular weight excluding hydrogens is 256 g/mol. The van der Waals surface area contributed by atoms with Crippen LogP contribution in [0.25, 0.3) is 0 Å². The predicted octanol–water partition coefficient (Wildman–Crippen LogP) is 2.32. The molecule has 0 radical (unpaired) electrons. The van der Waals surface area contributed by atoms with Crippen molar-refractivity contribution in [3.63, 3.8) is 0 Å². The van der Waals surface area contributed by atoms with Crippen LogP contribution in [0.15, 0.2) is 42.6 Å². The molecule has 5 nitrogen and oxygen atoms in total. The number of rotatable bonds is 4. The summed E-state index contributed by atoms with van der Waals surface area (Å²) in [5.74, 6) is 0.209. The van der Waals surface area contributed by atoms with Gasteiger partial charge in [-0.2, -0.15) is 5.26 Å². The summed E-state index contributed by atoms with van der Waals surface area (Å²) in [5, 5.41) is 8.92. The van der Waals surface area contributed by atoms with E-state index in [4.69, 9.17) is 10.00 Å². The highest BCUT2D eigenvalue weighted by Gasteiger charge is 2.06. The van der Waals surface area contributed by atoms with Crippen LogP contribution in [-0.2, 0) is 11.3 Å². The standard InChI is InChI=1S/C15H12N2O3/c1-19-15(18)11-4-6-13(7-5-11)20-10-12-3-2-8-17-14(12)9-16/h2-8H,10H2,1H3. The van der Waals surface area contributed by atoms with Gasteiger partial charge in [-0.1, -0.05) is 6.07 Å². The first kappa shape index (κ1) is 13.6. The van der Waals surface area contributed by atoms with Crippen molar-refractivity contribution in [2.45, 2.75) is 6.61 Å². The van der Waals surface area contributed by atoms with Gasteiger partial charge < -0.3 is 9.47 Å². The highest BCUT2D eigenvalue weighted by atomic mass is 16.5. The highest BCUT2D eigenvalue weighted by Crippen LogP contribution is 2.15. The first-order chi connectivity index (χ1) is 9.74. The molecule has 0 saturated carbocycles. The number of hydrogen-bond donors (Lipinski definition) is 0. The number of nitrogens with zero attached hydrogens (tertiary/aromatic N) is 2. The van der Waals surface area contributed by atoms with E-state index in [1.807, 2.05) is 6.07 Å². The van der Waals surface area contributed by atoms with Crippen LogP contribution in [0.3, 0.4) is 0 Å². The number of benzene rings is 1. The quantitative estimate of drug-likeness (QED) is 0.796. The fourth-order valence-electron chi connectivity index (χ4n) is 1.62. The third-order valence-corrected chi connectivity index (χ3v) is 2.67. The molecule has 1 heterocycles. The average molecular weight is 268 g/mol. The van der Waals surface area contributed by atoms with Gasteiger partial charge in [-0.15, -0.1) is 0 Å². The Labute approximate surface area is 116 Å².